The first-order chi connectivity index (χ1) is 8.24. The summed E-state index contributed by atoms with van der Waals surface area (Å²) in [6.45, 7) is 0. The Morgan fingerprint density at radius 3 is 2.65 bits per heavy atom. The van der Waals surface area contributed by atoms with Crippen molar-refractivity contribution < 1.29 is 13.9 Å². The van der Waals surface area contributed by atoms with Crippen LogP contribution < -0.4 is 4.74 Å². The van der Waals surface area contributed by atoms with Gasteiger partial charge in [0.2, 0.25) is 5.95 Å². The average molecular weight is 231 g/mol. The molecule has 0 radical (unpaired) electrons. The standard InChI is InChI=1S/C13H10FNO2/c1-17-12-3-2-9(6-11(12)8-16)10-4-5-15-13(14)7-10/h2-8H,1H3. The van der Waals surface area contributed by atoms with E-state index in [1.165, 1.54) is 19.4 Å². The number of aldehydes is 1. The van der Waals surface area contributed by atoms with Gasteiger partial charge in [-0.25, -0.2) is 4.98 Å². The largest absolute Gasteiger partial charge is 0.496 e. The predicted molar refractivity (Wildman–Crippen MR) is 61.6 cm³/mol. The van der Waals surface area contributed by atoms with Crippen LogP contribution in [0.1, 0.15) is 10.4 Å². The molecule has 1 heterocycles. The quantitative estimate of drug-likeness (QED) is 0.602. The fraction of sp³-hybridized carbons (Fsp3) is 0.0769. The predicted octanol–water partition coefficient (Wildman–Crippen LogP) is 2.71. The lowest BCUT2D eigenvalue weighted by molar-refractivity contribution is 0.112. The number of aromatic nitrogens is 1. The normalized spacial score (nSPS) is 10.0. The first kappa shape index (κ1) is 11.3. The molecule has 0 spiro atoms. The van der Waals surface area contributed by atoms with Crippen LogP contribution >= 0.6 is 0 Å². The first-order valence-electron chi connectivity index (χ1n) is 4.99. The third-order valence-corrected chi connectivity index (χ3v) is 2.42. The van der Waals surface area contributed by atoms with E-state index >= 15 is 0 Å². The minimum absolute atomic E-state index is 0.433. The highest BCUT2D eigenvalue weighted by Crippen LogP contribution is 2.25. The molecule has 0 aliphatic heterocycles. The van der Waals surface area contributed by atoms with E-state index in [0.717, 1.165) is 5.56 Å². The summed E-state index contributed by atoms with van der Waals surface area (Å²) in [6.07, 6.45) is 2.09. The summed E-state index contributed by atoms with van der Waals surface area (Å²) in [7, 11) is 1.49. The van der Waals surface area contributed by atoms with Gasteiger partial charge in [-0.1, -0.05) is 6.07 Å². The summed E-state index contributed by atoms with van der Waals surface area (Å²) in [5, 5.41) is 0. The van der Waals surface area contributed by atoms with Gasteiger partial charge in [0.15, 0.2) is 6.29 Å². The molecule has 0 fully saturated rings. The zero-order valence-electron chi connectivity index (χ0n) is 9.18. The van der Waals surface area contributed by atoms with E-state index in [4.69, 9.17) is 4.74 Å². The van der Waals surface area contributed by atoms with Crippen LogP contribution in [0.25, 0.3) is 11.1 Å². The van der Waals surface area contributed by atoms with E-state index in [1.54, 1.807) is 24.3 Å². The molecule has 86 valence electrons. The highest BCUT2D eigenvalue weighted by Gasteiger charge is 2.05. The van der Waals surface area contributed by atoms with Crippen LogP contribution in [-0.4, -0.2) is 18.4 Å². The van der Waals surface area contributed by atoms with Crippen LogP contribution in [0.4, 0.5) is 4.39 Å². The Kier molecular flexibility index (Phi) is 3.14. The van der Waals surface area contributed by atoms with Crippen molar-refractivity contribution >= 4 is 6.29 Å². The summed E-state index contributed by atoms with van der Waals surface area (Å²) in [5.74, 6) is -0.0516. The maximum absolute atomic E-state index is 13.0. The Morgan fingerprint density at radius 1 is 1.24 bits per heavy atom. The molecule has 0 amide bonds. The van der Waals surface area contributed by atoms with Crippen LogP contribution in [0.3, 0.4) is 0 Å². The molecule has 0 unspecified atom stereocenters. The first-order valence-corrected chi connectivity index (χ1v) is 4.99. The molecular formula is C13H10FNO2. The second-order valence-electron chi connectivity index (χ2n) is 3.44. The van der Waals surface area contributed by atoms with E-state index in [2.05, 4.69) is 4.98 Å². The van der Waals surface area contributed by atoms with Crippen molar-refractivity contribution in [2.24, 2.45) is 0 Å². The molecule has 2 aromatic rings. The second kappa shape index (κ2) is 4.74. The zero-order valence-corrected chi connectivity index (χ0v) is 9.18. The van der Waals surface area contributed by atoms with Gasteiger partial charge in [0.25, 0.3) is 0 Å². The van der Waals surface area contributed by atoms with Gasteiger partial charge in [0.05, 0.1) is 12.7 Å². The monoisotopic (exact) mass is 231 g/mol. The van der Waals surface area contributed by atoms with Crippen molar-refractivity contribution in [3.8, 4) is 16.9 Å². The second-order valence-corrected chi connectivity index (χ2v) is 3.44. The van der Waals surface area contributed by atoms with Gasteiger partial charge in [-0.15, -0.1) is 0 Å². The van der Waals surface area contributed by atoms with Crippen LogP contribution in [0.5, 0.6) is 5.75 Å². The summed E-state index contributed by atoms with van der Waals surface area (Å²) < 4.78 is 18.0. The molecule has 1 aromatic heterocycles. The van der Waals surface area contributed by atoms with Gasteiger partial charge in [-0.3, -0.25) is 4.79 Å². The number of hydrogen-bond acceptors (Lipinski definition) is 3. The molecule has 4 heteroatoms. The Bertz CT molecular complexity index is 555. The third-order valence-electron chi connectivity index (χ3n) is 2.42. The molecule has 0 bridgehead atoms. The number of carbonyl (C=O) groups excluding carboxylic acids is 1. The van der Waals surface area contributed by atoms with Crippen LogP contribution in [0.15, 0.2) is 36.5 Å². The van der Waals surface area contributed by atoms with Crippen molar-refractivity contribution in [1.82, 2.24) is 4.98 Å². The van der Waals surface area contributed by atoms with E-state index in [-0.39, 0.29) is 0 Å². The molecule has 2 rings (SSSR count). The zero-order chi connectivity index (χ0) is 12.3. The van der Waals surface area contributed by atoms with E-state index < -0.39 is 5.95 Å². The number of nitrogens with zero attached hydrogens (tertiary/aromatic N) is 1. The van der Waals surface area contributed by atoms with Crippen LogP contribution in [-0.2, 0) is 0 Å². The van der Waals surface area contributed by atoms with E-state index in [9.17, 15) is 9.18 Å². The molecule has 0 atom stereocenters. The van der Waals surface area contributed by atoms with Crippen molar-refractivity contribution in [2.45, 2.75) is 0 Å². The van der Waals surface area contributed by atoms with Crippen molar-refractivity contribution in [2.75, 3.05) is 7.11 Å². The molecule has 3 nitrogen and oxygen atoms in total. The molecule has 17 heavy (non-hydrogen) atoms. The SMILES string of the molecule is COc1ccc(-c2ccnc(F)c2)cc1C=O. The van der Waals surface area contributed by atoms with Crippen molar-refractivity contribution in [1.29, 1.82) is 0 Å². The molecule has 0 saturated heterocycles. The summed E-state index contributed by atoms with van der Waals surface area (Å²) in [4.78, 5) is 14.4. The molecule has 1 aromatic carbocycles. The minimum Gasteiger partial charge on any atom is -0.496 e. The number of ether oxygens (including phenoxy) is 1. The number of rotatable bonds is 3. The highest BCUT2D eigenvalue weighted by molar-refractivity contribution is 5.82. The van der Waals surface area contributed by atoms with Crippen LogP contribution in [0.2, 0.25) is 0 Å². The van der Waals surface area contributed by atoms with Gasteiger partial charge in [0, 0.05) is 12.3 Å². The molecule has 0 saturated carbocycles. The van der Waals surface area contributed by atoms with E-state index in [0.29, 0.717) is 23.2 Å². The lowest BCUT2D eigenvalue weighted by Crippen LogP contribution is -1.91. The summed E-state index contributed by atoms with van der Waals surface area (Å²) >= 11 is 0. The molecule has 0 N–H and O–H groups in total. The maximum Gasteiger partial charge on any atom is 0.213 e. The molecule has 0 aliphatic carbocycles. The Labute approximate surface area is 97.9 Å². The van der Waals surface area contributed by atoms with Gasteiger partial charge in [-0.05, 0) is 29.3 Å². The molecule has 0 aliphatic rings. The fourth-order valence-electron chi connectivity index (χ4n) is 1.59. The average Bonchev–Trinajstić information content (AvgIpc) is 2.38. The third kappa shape index (κ3) is 2.30. The van der Waals surface area contributed by atoms with Gasteiger partial charge in [-0.2, -0.15) is 4.39 Å². The Balaban J connectivity index is 2.50. The van der Waals surface area contributed by atoms with Gasteiger partial charge in [0.1, 0.15) is 5.75 Å². The number of pyridine rings is 1. The Hall–Kier alpha value is -2.23. The fourth-order valence-corrected chi connectivity index (χ4v) is 1.59. The van der Waals surface area contributed by atoms with Crippen LogP contribution in [0, 0.1) is 5.95 Å². The summed E-state index contributed by atoms with van der Waals surface area (Å²) in [6, 6.07) is 8.09. The van der Waals surface area contributed by atoms with Gasteiger partial charge < -0.3 is 4.74 Å². The number of halogens is 1. The lowest BCUT2D eigenvalue weighted by Gasteiger charge is -2.06. The van der Waals surface area contributed by atoms with Crippen molar-refractivity contribution in [3.05, 3.63) is 48.0 Å². The maximum atomic E-state index is 13.0. The number of carbonyl (C=O) groups is 1. The number of benzene rings is 1. The highest BCUT2D eigenvalue weighted by atomic mass is 19.1. The Morgan fingerprint density at radius 2 is 2.00 bits per heavy atom. The number of hydrogen-bond donors (Lipinski definition) is 0. The van der Waals surface area contributed by atoms with Gasteiger partial charge >= 0.3 is 0 Å². The smallest absolute Gasteiger partial charge is 0.213 e. The number of methoxy groups -OCH3 is 1. The topological polar surface area (TPSA) is 39.2 Å². The summed E-state index contributed by atoms with van der Waals surface area (Å²) in [5.41, 5.74) is 1.85. The minimum atomic E-state index is -0.550. The van der Waals surface area contributed by atoms with E-state index in [1.807, 2.05) is 0 Å². The van der Waals surface area contributed by atoms with Crippen molar-refractivity contribution in [3.63, 3.8) is 0 Å². The molecular weight excluding hydrogens is 221 g/mol. The lowest BCUT2D eigenvalue weighted by atomic mass is 10.0.